The Morgan fingerprint density at radius 2 is 2.04 bits per heavy atom. The number of pyridine rings is 1. The summed E-state index contributed by atoms with van der Waals surface area (Å²) in [7, 11) is 1.60. The van der Waals surface area contributed by atoms with Crippen LogP contribution >= 0.6 is 0 Å². The number of allylic oxidation sites excluding steroid dienone is 2. The van der Waals surface area contributed by atoms with Crippen LogP contribution in [-0.4, -0.2) is 18.0 Å². The second-order valence-electron chi connectivity index (χ2n) is 5.92. The van der Waals surface area contributed by atoms with Crippen molar-refractivity contribution in [2.24, 2.45) is 5.92 Å². The summed E-state index contributed by atoms with van der Waals surface area (Å²) in [6.45, 7) is 0.386. The van der Waals surface area contributed by atoms with Crippen molar-refractivity contribution in [1.29, 1.82) is 0 Å². The van der Waals surface area contributed by atoms with E-state index < -0.39 is 0 Å². The van der Waals surface area contributed by atoms with Gasteiger partial charge in [-0.1, -0.05) is 30.4 Å². The van der Waals surface area contributed by atoms with Crippen LogP contribution in [0, 0.1) is 5.92 Å². The molecular weight excluding hydrogens is 316 g/mol. The van der Waals surface area contributed by atoms with Gasteiger partial charge in [0.05, 0.1) is 7.11 Å². The number of hydrogen-bond donors (Lipinski definition) is 1. The average Bonchev–Trinajstić information content (AvgIpc) is 2.68. The minimum atomic E-state index is 0.0558. The van der Waals surface area contributed by atoms with Crippen LogP contribution < -0.4 is 14.8 Å². The van der Waals surface area contributed by atoms with Crippen molar-refractivity contribution in [3.05, 3.63) is 60.3 Å². The van der Waals surface area contributed by atoms with Crippen LogP contribution in [0.5, 0.6) is 17.4 Å². The van der Waals surface area contributed by atoms with Crippen molar-refractivity contribution in [3.63, 3.8) is 0 Å². The molecule has 5 heteroatoms. The standard InChI is InChI=1S/C20H22N2O3/c1-24-17-11-5-6-12-18(17)25-20-16(10-7-13-21-20)14-22-19(23)15-8-3-2-4-9-15/h2-3,5-7,10-13,15H,4,8-9,14H2,1H3,(H,22,23)/t15-/m0/s1. The maximum Gasteiger partial charge on any atom is 0.224 e. The van der Waals surface area contributed by atoms with Gasteiger partial charge in [0.15, 0.2) is 11.5 Å². The smallest absolute Gasteiger partial charge is 0.224 e. The molecule has 1 N–H and O–H groups in total. The SMILES string of the molecule is COc1ccccc1Oc1ncccc1CNC(=O)[C@H]1CC=CCC1. The number of rotatable bonds is 6. The van der Waals surface area contributed by atoms with Gasteiger partial charge < -0.3 is 14.8 Å². The fourth-order valence-corrected chi connectivity index (χ4v) is 2.82. The third-order valence-electron chi connectivity index (χ3n) is 4.22. The highest BCUT2D eigenvalue weighted by Gasteiger charge is 2.19. The Bertz CT molecular complexity index is 758. The van der Waals surface area contributed by atoms with Crippen molar-refractivity contribution < 1.29 is 14.3 Å². The largest absolute Gasteiger partial charge is 0.493 e. The number of ether oxygens (including phenoxy) is 2. The maximum absolute atomic E-state index is 12.3. The van der Waals surface area contributed by atoms with Crippen molar-refractivity contribution in [2.75, 3.05) is 7.11 Å². The molecule has 0 aliphatic heterocycles. The van der Waals surface area contributed by atoms with E-state index in [0.717, 1.165) is 24.8 Å². The lowest BCUT2D eigenvalue weighted by Crippen LogP contribution is -2.30. The molecule has 1 heterocycles. The van der Waals surface area contributed by atoms with Crippen LogP contribution in [0.1, 0.15) is 24.8 Å². The molecule has 3 rings (SSSR count). The van der Waals surface area contributed by atoms with E-state index in [1.54, 1.807) is 13.3 Å². The molecule has 25 heavy (non-hydrogen) atoms. The van der Waals surface area contributed by atoms with Crippen LogP contribution in [0.25, 0.3) is 0 Å². The number of carbonyl (C=O) groups is 1. The Morgan fingerprint density at radius 1 is 1.20 bits per heavy atom. The Kier molecular flexibility index (Phi) is 5.67. The summed E-state index contributed by atoms with van der Waals surface area (Å²) >= 11 is 0. The molecule has 0 saturated heterocycles. The van der Waals surface area contributed by atoms with E-state index in [1.165, 1.54) is 0 Å². The number of aromatic nitrogens is 1. The molecule has 1 aliphatic rings. The first kappa shape index (κ1) is 17.0. The molecule has 5 nitrogen and oxygen atoms in total. The topological polar surface area (TPSA) is 60.5 Å². The van der Waals surface area contributed by atoms with E-state index in [1.807, 2.05) is 36.4 Å². The van der Waals surface area contributed by atoms with Gasteiger partial charge in [0.25, 0.3) is 0 Å². The van der Waals surface area contributed by atoms with Crippen LogP contribution in [0.4, 0.5) is 0 Å². The highest BCUT2D eigenvalue weighted by atomic mass is 16.5. The van der Waals surface area contributed by atoms with Crippen molar-refractivity contribution >= 4 is 5.91 Å². The van der Waals surface area contributed by atoms with Gasteiger partial charge in [-0.3, -0.25) is 4.79 Å². The molecule has 1 amide bonds. The summed E-state index contributed by atoms with van der Waals surface area (Å²) in [5.74, 6) is 1.83. The molecule has 1 atom stereocenters. The number of hydrogen-bond acceptors (Lipinski definition) is 4. The zero-order chi connectivity index (χ0) is 17.5. The number of carbonyl (C=O) groups excluding carboxylic acids is 1. The number of para-hydroxylation sites is 2. The van der Waals surface area contributed by atoms with Crippen LogP contribution in [0.15, 0.2) is 54.7 Å². The first-order valence-electron chi connectivity index (χ1n) is 8.45. The van der Waals surface area contributed by atoms with E-state index in [2.05, 4.69) is 22.5 Å². The third kappa shape index (κ3) is 4.38. The normalized spacial score (nSPS) is 16.3. The van der Waals surface area contributed by atoms with E-state index in [4.69, 9.17) is 9.47 Å². The molecule has 0 bridgehead atoms. The average molecular weight is 338 g/mol. The highest BCUT2D eigenvalue weighted by Crippen LogP contribution is 2.31. The summed E-state index contributed by atoms with van der Waals surface area (Å²) in [4.78, 5) is 16.6. The zero-order valence-electron chi connectivity index (χ0n) is 14.3. The van der Waals surface area contributed by atoms with Gasteiger partial charge in [-0.2, -0.15) is 0 Å². The van der Waals surface area contributed by atoms with Gasteiger partial charge >= 0.3 is 0 Å². The fraction of sp³-hybridized carbons (Fsp3) is 0.300. The summed E-state index contributed by atoms with van der Waals surface area (Å²) in [6.07, 6.45) is 8.55. The first-order valence-corrected chi connectivity index (χ1v) is 8.45. The van der Waals surface area contributed by atoms with E-state index >= 15 is 0 Å². The van der Waals surface area contributed by atoms with Gasteiger partial charge in [0.1, 0.15) is 0 Å². The van der Waals surface area contributed by atoms with E-state index in [-0.39, 0.29) is 11.8 Å². The van der Waals surface area contributed by atoms with E-state index in [9.17, 15) is 4.79 Å². The lowest BCUT2D eigenvalue weighted by atomic mass is 9.93. The second-order valence-corrected chi connectivity index (χ2v) is 5.92. The van der Waals surface area contributed by atoms with Crippen molar-refractivity contribution in [3.8, 4) is 17.4 Å². The van der Waals surface area contributed by atoms with E-state index in [0.29, 0.717) is 23.9 Å². The van der Waals surface area contributed by atoms with Crippen LogP contribution in [0.3, 0.4) is 0 Å². The number of nitrogens with zero attached hydrogens (tertiary/aromatic N) is 1. The second kappa shape index (κ2) is 8.33. The molecule has 0 saturated carbocycles. The Balaban J connectivity index is 1.68. The molecular formula is C20H22N2O3. The summed E-state index contributed by atoms with van der Waals surface area (Å²) in [6, 6.07) is 11.1. The van der Waals surface area contributed by atoms with Gasteiger partial charge in [-0.25, -0.2) is 4.98 Å². The van der Waals surface area contributed by atoms with Gasteiger partial charge in [-0.15, -0.1) is 0 Å². The highest BCUT2D eigenvalue weighted by molar-refractivity contribution is 5.79. The van der Waals surface area contributed by atoms with Gasteiger partial charge in [-0.05, 0) is 37.5 Å². The van der Waals surface area contributed by atoms with Crippen molar-refractivity contribution in [1.82, 2.24) is 10.3 Å². The Morgan fingerprint density at radius 3 is 2.80 bits per heavy atom. The third-order valence-corrected chi connectivity index (χ3v) is 4.22. The monoisotopic (exact) mass is 338 g/mol. The summed E-state index contributed by atoms with van der Waals surface area (Å²) in [5.41, 5.74) is 0.827. The zero-order valence-corrected chi connectivity index (χ0v) is 14.3. The summed E-state index contributed by atoms with van der Waals surface area (Å²) < 4.78 is 11.2. The lowest BCUT2D eigenvalue weighted by Gasteiger charge is -2.18. The lowest BCUT2D eigenvalue weighted by molar-refractivity contribution is -0.125. The molecule has 0 spiro atoms. The Labute approximate surface area is 147 Å². The maximum atomic E-state index is 12.3. The Hall–Kier alpha value is -2.82. The molecule has 1 aromatic heterocycles. The minimum absolute atomic E-state index is 0.0558. The molecule has 0 unspecified atom stereocenters. The van der Waals surface area contributed by atoms with Gasteiger partial charge in [0, 0.05) is 24.2 Å². The molecule has 1 aliphatic carbocycles. The van der Waals surface area contributed by atoms with Crippen LogP contribution in [0.2, 0.25) is 0 Å². The minimum Gasteiger partial charge on any atom is -0.493 e. The van der Waals surface area contributed by atoms with Crippen molar-refractivity contribution in [2.45, 2.75) is 25.8 Å². The summed E-state index contributed by atoms with van der Waals surface area (Å²) in [5, 5.41) is 3.00. The molecule has 1 aromatic carbocycles. The predicted octanol–water partition coefficient (Wildman–Crippen LogP) is 3.86. The molecule has 0 fully saturated rings. The predicted molar refractivity (Wildman–Crippen MR) is 95.6 cm³/mol. The molecule has 130 valence electrons. The fourth-order valence-electron chi connectivity index (χ4n) is 2.82. The molecule has 0 radical (unpaired) electrons. The molecule has 2 aromatic rings. The number of methoxy groups -OCH3 is 1. The number of nitrogens with one attached hydrogen (secondary N) is 1. The van der Waals surface area contributed by atoms with Gasteiger partial charge in [0.2, 0.25) is 11.8 Å². The first-order chi connectivity index (χ1) is 12.3. The quantitative estimate of drug-likeness (QED) is 0.813. The van der Waals surface area contributed by atoms with Crippen LogP contribution in [-0.2, 0) is 11.3 Å². The number of benzene rings is 1. The number of amides is 1.